The van der Waals surface area contributed by atoms with Crippen LogP contribution in [-0.4, -0.2) is 0 Å². The van der Waals surface area contributed by atoms with Gasteiger partial charge < -0.3 is 5.73 Å². The largest absolute Gasteiger partial charge is 0.320 e. The van der Waals surface area contributed by atoms with Gasteiger partial charge in [0.25, 0.3) is 0 Å². The SMILES string of the molecule is NC(c1ccc(F)c(Br)c1)c1ccc(Br)c2ccccc12. The van der Waals surface area contributed by atoms with Crippen molar-refractivity contribution in [3.8, 4) is 0 Å². The molecule has 3 aromatic rings. The molecule has 3 aromatic carbocycles. The quantitative estimate of drug-likeness (QED) is 0.590. The first-order chi connectivity index (χ1) is 10.1. The van der Waals surface area contributed by atoms with Gasteiger partial charge in [0.2, 0.25) is 0 Å². The molecule has 21 heavy (non-hydrogen) atoms. The smallest absolute Gasteiger partial charge is 0.137 e. The molecule has 0 bridgehead atoms. The van der Waals surface area contributed by atoms with Crippen LogP contribution >= 0.6 is 31.9 Å². The van der Waals surface area contributed by atoms with Crippen LogP contribution < -0.4 is 5.73 Å². The van der Waals surface area contributed by atoms with Gasteiger partial charge in [-0.1, -0.05) is 52.3 Å². The predicted molar refractivity (Wildman–Crippen MR) is 91.8 cm³/mol. The van der Waals surface area contributed by atoms with Gasteiger partial charge in [-0.3, -0.25) is 0 Å². The van der Waals surface area contributed by atoms with Crippen molar-refractivity contribution >= 4 is 42.6 Å². The molecule has 4 heteroatoms. The van der Waals surface area contributed by atoms with E-state index in [0.717, 1.165) is 26.4 Å². The van der Waals surface area contributed by atoms with E-state index in [0.29, 0.717) is 4.47 Å². The number of fused-ring (bicyclic) bond motifs is 1. The van der Waals surface area contributed by atoms with E-state index in [1.165, 1.54) is 6.07 Å². The Kier molecular flexibility index (Phi) is 4.11. The second-order valence-electron chi connectivity index (χ2n) is 4.83. The molecule has 0 amide bonds. The Bertz CT molecular complexity index is 817. The molecule has 1 nitrogen and oxygen atoms in total. The average molecular weight is 409 g/mol. The summed E-state index contributed by atoms with van der Waals surface area (Å²) in [5.41, 5.74) is 8.28. The van der Waals surface area contributed by atoms with Crippen LogP contribution in [0.25, 0.3) is 10.8 Å². The van der Waals surface area contributed by atoms with Gasteiger partial charge >= 0.3 is 0 Å². The van der Waals surface area contributed by atoms with Gasteiger partial charge in [0.1, 0.15) is 5.82 Å². The summed E-state index contributed by atoms with van der Waals surface area (Å²) in [4.78, 5) is 0. The van der Waals surface area contributed by atoms with E-state index in [2.05, 4.69) is 37.9 Å². The number of hydrogen-bond donors (Lipinski definition) is 1. The van der Waals surface area contributed by atoms with Crippen molar-refractivity contribution in [2.75, 3.05) is 0 Å². The highest BCUT2D eigenvalue weighted by Gasteiger charge is 2.14. The van der Waals surface area contributed by atoms with Crippen LogP contribution in [0.1, 0.15) is 17.2 Å². The van der Waals surface area contributed by atoms with E-state index < -0.39 is 0 Å². The third-order valence-electron chi connectivity index (χ3n) is 3.54. The zero-order valence-electron chi connectivity index (χ0n) is 11.0. The highest BCUT2D eigenvalue weighted by molar-refractivity contribution is 9.11. The zero-order chi connectivity index (χ0) is 15.0. The third kappa shape index (κ3) is 2.76. The summed E-state index contributed by atoms with van der Waals surface area (Å²) in [5, 5.41) is 2.21. The molecule has 0 spiro atoms. The third-order valence-corrected chi connectivity index (χ3v) is 4.84. The first kappa shape index (κ1) is 14.7. The fraction of sp³-hybridized carbons (Fsp3) is 0.0588. The molecule has 106 valence electrons. The summed E-state index contributed by atoms with van der Waals surface area (Å²) in [7, 11) is 0. The summed E-state index contributed by atoms with van der Waals surface area (Å²) in [6, 6.07) is 16.7. The minimum atomic E-state index is -0.306. The molecule has 1 unspecified atom stereocenters. The lowest BCUT2D eigenvalue weighted by atomic mass is 9.94. The first-order valence-electron chi connectivity index (χ1n) is 6.45. The van der Waals surface area contributed by atoms with Gasteiger partial charge in [-0.15, -0.1) is 0 Å². The Balaban J connectivity index is 2.15. The second-order valence-corrected chi connectivity index (χ2v) is 6.54. The van der Waals surface area contributed by atoms with Crippen molar-refractivity contribution in [3.63, 3.8) is 0 Å². The van der Waals surface area contributed by atoms with E-state index in [1.807, 2.05) is 30.3 Å². The summed E-state index contributed by atoms with van der Waals surface area (Å²) in [6.07, 6.45) is 0. The Morgan fingerprint density at radius 2 is 1.57 bits per heavy atom. The number of halogens is 3. The standard InChI is InChI=1S/C17H12Br2FN/c18-14-7-6-13(11-3-1-2-4-12(11)14)17(21)10-5-8-16(20)15(19)9-10/h1-9,17H,21H2. The van der Waals surface area contributed by atoms with Gasteiger partial charge in [-0.25, -0.2) is 4.39 Å². The Morgan fingerprint density at radius 1 is 0.857 bits per heavy atom. The van der Waals surface area contributed by atoms with E-state index in [1.54, 1.807) is 12.1 Å². The maximum atomic E-state index is 13.4. The van der Waals surface area contributed by atoms with Crippen LogP contribution in [0.5, 0.6) is 0 Å². The van der Waals surface area contributed by atoms with Crippen molar-refractivity contribution in [1.29, 1.82) is 0 Å². The molecule has 3 rings (SSSR count). The van der Waals surface area contributed by atoms with Gasteiger partial charge in [-0.05, 0) is 56.0 Å². The van der Waals surface area contributed by atoms with Crippen LogP contribution in [-0.2, 0) is 0 Å². The van der Waals surface area contributed by atoms with Crippen molar-refractivity contribution in [1.82, 2.24) is 0 Å². The molecule has 0 aromatic heterocycles. The van der Waals surface area contributed by atoms with Gasteiger partial charge in [-0.2, -0.15) is 0 Å². The lowest BCUT2D eigenvalue weighted by molar-refractivity contribution is 0.619. The molecular formula is C17H12Br2FN. The lowest BCUT2D eigenvalue weighted by Gasteiger charge is -2.16. The Hall–Kier alpha value is -1.23. The summed E-state index contributed by atoms with van der Waals surface area (Å²) in [6.45, 7) is 0. The van der Waals surface area contributed by atoms with E-state index >= 15 is 0 Å². The topological polar surface area (TPSA) is 26.0 Å². The van der Waals surface area contributed by atoms with Crippen molar-refractivity contribution in [2.24, 2.45) is 5.73 Å². The van der Waals surface area contributed by atoms with Crippen molar-refractivity contribution < 1.29 is 4.39 Å². The fourth-order valence-corrected chi connectivity index (χ4v) is 3.32. The summed E-state index contributed by atoms with van der Waals surface area (Å²) >= 11 is 6.77. The van der Waals surface area contributed by atoms with Crippen LogP contribution in [0, 0.1) is 5.82 Å². The Labute approximate surface area is 139 Å². The maximum Gasteiger partial charge on any atom is 0.137 e. The number of rotatable bonds is 2. The molecule has 0 heterocycles. The monoisotopic (exact) mass is 407 g/mol. The molecule has 2 N–H and O–H groups in total. The molecule has 0 aliphatic heterocycles. The number of hydrogen-bond acceptors (Lipinski definition) is 1. The summed E-state index contributed by atoms with van der Waals surface area (Å²) in [5.74, 6) is -0.286. The average Bonchev–Trinajstić information content (AvgIpc) is 2.50. The summed E-state index contributed by atoms with van der Waals surface area (Å²) < 4.78 is 14.8. The van der Waals surface area contributed by atoms with Crippen molar-refractivity contribution in [3.05, 3.63) is 80.5 Å². The molecule has 0 aliphatic carbocycles. The minimum Gasteiger partial charge on any atom is -0.320 e. The Morgan fingerprint density at radius 3 is 2.29 bits per heavy atom. The van der Waals surface area contributed by atoms with Gasteiger partial charge in [0, 0.05) is 4.47 Å². The highest BCUT2D eigenvalue weighted by atomic mass is 79.9. The normalized spacial score (nSPS) is 12.6. The second kappa shape index (κ2) is 5.87. The van der Waals surface area contributed by atoms with E-state index in [4.69, 9.17) is 5.73 Å². The molecule has 0 saturated carbocycles. The van der Waals surface area contributed by atoms with Gasteiger partial charge in [0.15, 0.2) is 0 Å². The maximum absolute atomic E-state index is 13.4. The minimum absolute atomic E-state index is 0.286. The van der Waals surface area contributed by atoms with Crippen molar-refractivity contribution in [2.45, 2.75) is 6.04 Å². The number of nitrogens with two attached hydrogens (primary N) is 1. The van der Waals surface area contributed by atoms with Gasteiger partial charge in [0.05, 0.1) is 10.5 Å². The number of benzene rings is 3. The van der Waals surface area contributed by atoms with Crippen LogP contribution in [0.4, 0.5) is 4.39 Å². The van der Waals surface area contributed by atoms with E-state index in [9.17, 15) is 4.39 Å². The molecule has 0 radical (unpaired) electrons. The molecule has 0 saturated heterocycles. The van der Waals surface area contributed by atoms with Crippen LogP contribution in [0.2, 0.25) is 0 Å². The molecule has 0 aliphatic rings. The van der Waals surface area contributed by atoms with E-state index in [-0.39, 0.29) is 11.9 Å². The van der Waals surface area contributed by atoms with Crippen LogP contribution in [0.3, 0.4) is 0 Å². The highest BCUT2D eigenvalue weighted by Crippen LogP contribution is 2.32. The molecular weight excluding hydrogens is 397 g/mol. The lowest BCUT2D eigenvalue weighted by Crippen LogP contribution is -2.12. The predicted octanol–water partition coefficient (Wildman–Crippen LogP) is 5.55. The first-order valence-corrected chi connectivity index (χ1v) is 8.04. The molecule has 1 atom stereocenters. The fourth-order valence-electron chi connectivity index (χ4n) is 2.44. The van der Waals surface area contributed by atoms with Crippen LogP contribution in [0.15, 0.2) is 63.5 Å². The zero-order valence-corrected chi connectivity index (χ0v) is 14.2. The molecule has 0 fully saturated rings.